The summed E-state index contributed by atoms with van der Waals surface area (Å²) in [5.74, 6) is 0.248. The van der Waals surface area contributed by atoms with Crippen LogP contribution in [-0.2, 0) is 4.79 Å². The lowest BCUT2D eigenvalue weighted by Gasteiger charge is -2.50. The topological polar surface area (TPSA) is 23.6 Å². The van der Waals surface area contributed by atoms with Crippen molar-refractivity contribution in [1.29, 1.82) is 0 Å². The molecular weight excluding hydrogens is 152 g/mol. The molecule has 2 unspecified atom stereocenters. The van der Waals surface area contributed by atoms with E-state index >= 15 is 0 Å². The minimum absolute atomic E-state index is 0.248. The number of hydrogen-bond donors (Lipinski definition) is 0. The molecule has 0 saturated carbocycles. The highest BCUT2D eigenvalue weighted by Gasteiger charge is 2.37. The Morgan fingerprint density at radius 2 is 1.92 bits per heavy atom. The Morgan fingerprint density at radius 1 is 1.25 bits per heavy atom. The van der Waals surface area contributed by atoms with Crippen LogP contribution in [0.4, 0.5) is 0 Å². The summed E-state index contributed by atoms with van der Waals surface area (Å²) in [6.45, 7) is 3.71. The zero-order valence-electron chi connectivity index (χ0n) is 7.79. The van der Waals surface area contributed by atoms with Crippen LogP contribution in [-0.4, -0.2) is 47.9 Å². The summed E-state index contributed by atoms with van der Waals surface area (Å²) < 4.78 is 0. The van der Waals surface area contributed by atoms with Crippen molar-refractivity contribution >= 4 is 5.91 Å². The van der Waals surface area contributed by atoms with Crippen LogP contribution in [0.2, 0.25) is 0 Å². The van der Waals surface area contributed by atoms with Crippen molar-refractivity contribution in [1.82, 2.24) is 9.80 Å². The van der Waals surface area contributed by atoms with Gasteiger partial charge in [-0.2, -0.15) is 0 Å². The highest BCUT2D eigenvalue weighted by molar-refractivity contribution is 5.74. The van der Waals surface area contributed by atoms with Crippen LogP contribution in [0.3, 0.4) is 0 Å². The fraction of sp³-hybridized carbons (Fsp3) is 0.889. The van der Waals surface area contributed by atoms with Crippen molar-refractivity contribution in [2.45, 2.75) is 31.8 Å². The largest absolute Gasteiger partial charge is 0.337 e. The minimum Gasteiger partial charge on any atom is -0.337 e. The van der Waals surface area contributed by atoms with E-state index in [1.54, 1.807) is 6.92 Å². The van der Waals surface area contributed by atoms with Crippen molar-refractivity contribution in [3.05, 3.63) is 0 Å². The molecule has 3 saturated heterocycles. The second-order valence-corrected chi connectivity index (χ2v) is 4.00. The molecule has 0 spiro atoms. The molecule has 2 bridgehead atoms. The maximum atomic E-state index is 11.2. The monoisotopic (exact) mass is 168 g/mol. The van der Waals surface area contributed by atoms with Crippen LogP contribution in [0.1, 0.15) is 19.8 Å². The van der Waals surface area contributed by atoms with E-state index in [2.05, 4.69) is 11.9 Å². The van der Waals surface area contributed by atoms with Crippen LogP contribution in [0, 0.1) is 0 Å². The fourth-order valence-electron chi connectivity index (χ4n) is 2.42. The van der Waals surface area contributed by atoms with E-state index in [-0.39, 0.29) is 5.91 Å². The van der Waals surface area contributed by atoms with Gasteiger partial charge in [0.25, 0.3) is 0 Å². The molecule has 2 atom stereocenters. The van der Waals surface area contributed by atoms with Crippen LogP contribution in [0.5, 0.6) is 0 Å². The van der Waals surface area contributed by atoms with Crippen molar-refractivity contribution in [2.75, 3.05) is 20.1 Å². The van der Waals surface area contributed by atoms with Gasteiger partial charge in [-0.3, -0.25) is 9.69 Å². The number of carbonyl (C=O) groups excluding carboxylic acids is 1. The van der Waals surface area contributed by atoms with E-state index in [4.69, 9.17) is 0 Å². The number of carbonyl (C=O) groups is 1. The number of amides is 1. The third-order valence-electron chi connectivity index (χ3n) is 3.21. The Labute approximate surface area is 73.3 Å². The minimum atomic E-state index is 0.248. The molecule has 3 rings (SSSR count). The summed E-state index contributed by atoms with van der Waals surface area (Å²) in [7, 11) is 2.16. The van der Waals surface area contributed by atoms with Crippen molar-refractivity contribution in [3.63, 3.8) is 0 Å². The molecule has 0 aromatic carbocycles. The van der Waals surface area contributed by atoms with Crippen LogP contribution >= 0.6 is 0 Å². The van der Waals surface area contributed by atoms with Gasteiger partial charge >= 0.3 is 0 Å². The molecule has 3 nitrogen and oxygen atoms in total. The Balaban J connectivity index is 2.10. The molecule has 68 valence electrons. The first-order chi connectivity index (χ1) is 5.68. The van der Waals surface area contributed by atoms with Gasteiger partial charge < -0.3 is 4.90 Å². The second kappa shape index (κ2) is 2.73. The van der Waals surface area contributed by atoms with Gasteiger partial charge in [-0.15, -0.1) is 0 Å². The van der Waals surface area contributed by atoms with E-state index in [1.165, 1.54) is 12.8 Å². The fourth-order valence-corrected chi connectivity index (χ4v) is 2.42. The van der Waals surface area contributed by atoms with Gasteiger partial charge in [0.05, 0.1) is 0 Å². The zero-order valence-corrected chi connectivity index (χ0v) is 7.79. The van der Waals surface area contributed by atoms with E-state index in [0.717, 1.165) is 13.1 Å². The number of likely N-dealkylation sites (N-methyl/N-ethyl adjacent to an activating group) is 1. The molecule has 1 amide bonds. The first kappa shape index (κ1) is 8.05. The molecule has 3 aliphatic rings. The predicted molar refractivity (Wildman–Crippen MR) is 46.8 cm³/mol. The van der Waals surface area contributed by atoms with Gasteiger partial charge in [0.1, 0.15) is 0 Å². The third kappa shape index (κ3) is 1.12. The van der Waals surface area contributed by atoms with Gasteiger partial charge in [-0.1, -0.05) is 0 Å². The Hall–Kier alpha value is -0.570. The van der Waals surface area contributed by atoms with Crippen molar-refractivity contribution in [3.8, 4) is 0 Å². The summed E-state index contributed by atoms with van der Waals surface area (Å²) in [5, 5.41) is 0. The predicted octanol–water partition coefficient (Wildman–Crippen LogP) is 0.311. The Bertz CT molecular complexity index is 205. The van der Waals surface area contributed by atoms with Gasteiger partial charge in [0.2, 0.25) is 5.91 Å². The number of rotatable bonds is 0. The molecule has 3 heterocycles. The number of fused-ring (bicyclic) bond motifs is 3. The number of piperazine rings is 1. The van der Waals surface area contributed by atoms with Gasteiger partial charge in [-0.25, -0.2) is 0 Å². The van der Waals surface area contributed by atoms with Crippen LogP contribution in [0.25, 0.3) is 0 Å². The summed E-state index contributed by atoms with van der Waals surface area (Å²) in [6, 6.07) is 1.12. The van der Waals surface area contributed by atoms with Crippen molar-refractivity contribution in [2.24, 2.45) is 0 Å². The highest BCUT2D eigenvalue weighted by atomic mass is 16.2. The Morgan fingerprint density at radius 3 is 2.33 bits per heavy atom. The third-order valence-corrected chi connectivity index (χ3v) is 3.21. The van der Waals surface area contributed by atoms with Crippen LogP contribution < -0.4 is 0 Å². The lowest BCUT2D eigenvalue weighted by Crippen LogP contribution is -2.62. The lowest BCUT2D eigenvalue weighted by atomic mass is 9.91. The quantitative estimate of drug-likeness (QED) is 0.520. The molecule has 3 fully saturated rings. The van der Waals surface area contributed by atoms with Crippen LogP contribution in [0.15, 0.2) is 0 Å². The van der Waals surface area contributed by atoms with Gasteiger partial charge in [0.15, 0.2) is 0 Å². The summed E-state index contributed by atoms with van der Waals surface area (Å²) in [6.07, 6.45) is 2.47. The smallest absolute Gasteiger partial charge is 0.219 e. The first-order valence-electron chi connectivity index (χ1n) is 4.66. The maximum absolute atomic E-state index is 11.2. The SMILES string of the molecule is CC(=O)N1CC2CCC1CN2C. The molecule has 0 N–H and O–H groups in total. The van der Waals surface area contributed by atoms with E-state index in [1.807, 2.05) is 4.90 Å². The molecule has 3 heteroatoms. The molecule has 3 aliphatic heterocycles. The van der Waals surface area contributed by atoms with E-state index < -0.39 is 0 Å². The average Bonchev–Trinajstić information content (AvgIpc) is 2.04. The first-order valence-corrected chi connectivity index (χ1v) is 4.66. The Kier molecular flexibility index (Phi) is 1.83. The lowest BCUT2D eigenvalue weighted by molar-refractivity contribution is -0.138. The molecule has 0 radical (unpaired) electrons. The normalized spacial score (nSPS) is 35.7. The van der Waals surface area contributed by atoms with Gasteiger partial charge in [0, 0.05) is 32.1 Å². The molecule has 0 aromatic heterocycles. The molecule has 12 heavy (non-hydrogen) atoms. The van der Waals surface area contributed by atoms with E-state index in [0.29, 0.717) is 12.1 Å². The number of piperidine rings is 2. The summed E-state index contributed by atoms with van der Waals surface area (Å²) >= 11 is 0. The number of nitrogens with zero attached hydrogens (tertiary/aromatic N) is 2. The van der Waals surface area contributed by atoms with Gasteiger partial charge in [-0.05, 0) is 19.9 Å². The summed E-state index contributed by atoms with van der Waals surface area (Å²) in [4.78, 5) is 15.6. The average molecular weight is 168 g/mol. The summed E-state index contributed by atoms with van der Waals surface area (Å²) in [5.41, 5.74) is 0. The second-order valence-electron chi connectivity index (χ2n) is 4.00. The molecule has 0 aromatic rings. The molecular formula is C9H16N2O. The maximum Gasteiger partial charge on any atom is 0.219 e. The van der Waals surface area contributed by atoms with E-state index in [9.17, 15) is 4.79 Å². The standard InChI is InChI=1S/C9H16N2O/c1-7(12)11-6-8-3-4-9(11)5-10(8)2/h8-9H,3-6H2,1-2H3. The molecule has 0 aliphatic carbocycles. The van der Waals surface area contributed by atoms with Crippen molar-refractivity contribution < 1.29 is 4.79 Å². The highest BCUT2D eigenvalue weighted by Crippen LogP contribution is 2.27. The number of hydrogen-bond acceptors (Lipinski definition) is 2. The zero-order chi connectivity index (χ0) is 8.72.